The summed E-state index contributed by atoms with van der Waals surface area (Å²) in [6.07, 6.45) is 1.94. The van der Waals surface area contributed by atoms with Crippen LogP contribution < -0.4 is 4.74 Å². The molecule has 3 aromatic rings. The Hall–Kier alpha value is -2.74. The van der Waals surface area contributed by atoms with E-state index >= 15 is 0 Å². The van der Waals surface area contributed by atoms with E-state index in [1.807, 2.05) is 30.3 Å². The molecule has 0 aliphatic heterocycles. The van der Waals surface area contributed by atoms with E-state index in [4.69, 9.17) is 4.74 Å². The van der Waals surface area contributed by atoms with Crippen LogP contribution in [-0.2, 0) is 20.2 Å². The number of nitrogens with zero attached hydrogens (tertiary/aromatic N) is 2. The number of likely N-dealkylation sites (N-methyl/N-ethyl adjacent to an activating group) is 1. The van der Waals surface area contributed by atoms with Gasteiger partial charge in [0.15, 0.2) is 0 Å². The molecule has 0 aliphatic carbocycles. The predicted octanol–water partition coefficient (Wildman–Crippen LogP) is 4.53. The minimum absolute atomic E-state index is 0.586. The number of rotatable bonds is 7. The summed E-state index contributed by atoms with van der Waals surface area (Å²) in [5, 5.41) is 1.20. The van der Waals surface area contributed by atoms with E-state index in [1.54, 1.807) is 0 Å². The minimum atomic E-state index is 0.586. The van der Waals surface area contributed by atoms with Crippen molar-refractivity contribution in [2.75, 3.05) is 13.6 Å². The smallest absolute Gasteiger partial charge is 0.120 e. The van der Waals surface area contributed by atoms with Gasteiger partial charge in [-0.2, -0.15) is 0 Å². The van der Waals surface area contributed by atoms with Crippen molar-refractivity contribution in [1.29, 1.82) is 0 Å². The highest BCUT2D eigenvalue weighted by Crippen LogP contribution is 2.25. The maximum absolute atomic E-state index is 5.94. The van der Waals surface area contributed by atoms with Gasteiger partial charge in [-0.3, -0.25) is 4.90 Å². The first kappa shape index (κ1) is 17.1. The highest BCUT2D eigenvalue weighted by atomic mass is 16.5. The van der Waals surface area contributed by atoms with Gasteiger partial charge in [-0.15, -0.1) is 5.73 Å². The Morgan fingerprint density at radius 1 is 1.16 bits per heavy atom. The lowest BCUT2D eigenvalue weighted by atomic mass is 10.2. The zero-order chi connectivity index (χ0) is 17.6. The number of aromatic nitrogens is 1. The molecule has 2 aromatic carbocycles. The number of aryl methyl sites for hydroxylation is 1. The van der Waals surface area contributed by atoms with Crippen LogP contribution in [0.1, 0.15) is 11.3 Å². The minimum Gasteiger partial charge on any atom is -0.489 e. The van der Waals surface area contributed by atoms with Gasteiger partial charge in [0.25, 0.3) is 0 Å². The molecule has 128 valence electrons. The average Bonchev–Trinajstić information content (AvgIpc) is 2.94. The highest BCUT2D eigenvalue weighted by molar-refractivity contribution is 5.82. The molecule has 0 fully saturated rings. The van der Waals surface area contributed by atoms with E-state index in [9.17, 15) is 0 Å². The van der Waals surface area contributed by atoms with E-state index in [0.717, 1.165) is 18.8 Å². The molecular formula is C22H24N2O. The Morgan fingerprint density at radius 2 is 1.96 bits per heavy atom. The molecular weight excluding hydrogens is 308 g/mol. The van der Waals surface area contributed by atoms with Crippen molar-refractivity contribution >= 4 is 10.9 Å². The first-order chi connectivity index (χ1) is 12.2. The number of hydrogen-bond acceptors (Lipinski definition) is 2. The van der Waals surface area contributed by atoms with Gasteiger partial charge >= 0.3 is 0 Å². The average molecular weight is 332 g/mol. The third-order valence-electron chi connectivity index (χ3n) is 4.34. The number of ether oxygens (including phenoxy) is 1. The van der Waals surface area contributed by atoms with E-state index in [2.05, 4.69) is 66.2 Å². The predicted molar refractivity (Wildman–Crippen MR) is 104 cm³/mol. The summed E-state index contributed by atoms with van der Waals surface area (Å²) in [7, 11) is 4.21. The van der Waals surface area contributed by atoms with Crippen molar-refractivity contribution in [2.45, 2.75) is 13.2 Å². The lowest BCUT2D eigenvalue weighted by molar-refractivity contribution is 0.306. The standard InChI is InChI=1S/C22H24N2O/c1-4-5-13-23(2)16-20-14-19-15-21(11-12-22(19)24(20)3)25-17-18-9-7-6-8-10-18/h5-12,14-15H,1,13,16-17H2,2-3H3. The molecule has 0 bridgehead atoms. The summed E-state index contributed by atoms with van der Waals surface area (Å²) in [5.41, 5.74) is 6.49. The zero-order valence-corrected chi connectivity index (χ0v) is 14.9. The fraction of sp³-hybridized carbons (Fsp3) is 0.227. The quantitative estimate of drug-likeness (QED) is 0.591. The second-order valence-corrected chi connectivity index (χ2v) is 6.29. The lowest BCUT2D eigenvalue weighted by Gasteiger charge is -2.14. The fourth-order valence-electron chi connectivity index (χ4n) is 2.93. The number of fused-ring (bicyclic) bond motifs is 1. The molecule has 0 spiro atoms. The zero-order valence-electron chi connectivity index (χ0n) is 14.9. The topological polar surface area (TPSA) is 17.4 Å². The van der Waals surface area contributed by atoms with Crippen molar-refractivity contribution in [3.8, 4) is 5.75 Å². The normalized spacial score (nSPS) is 10.8. The largest absolute Gasteiger partial charge is 0.489 e. The Labute approximate surface area is 149 Å². The van der Waals surface area contributed by atoms with Crippen LogP contribution in [0, 0.1) is 0 Å². The number of hydrogen-bond donors (Lipinski definition) is 0. The van der Waals surface area contributed by atoms with Crippen LogP contribution in [0.4, 0.5) is 0 Å². The van der Waals surface area contributed by atoms with Crippen LogP contribution >= 0.6 is 0 Å². The Morgan fingerprint density at radius 3 is 2.72 bits per heavy atom. The summed E-state index contributed by atoms with van der Waals surface area (Å²) < 4.78 is 8.18. The summed E-state index contributed by atoms with van der Waals surface area (Å²) in [6, 6.07) is 18.8. The molecule has 3 heteroatoms. The van der Waals surface area contributed by atoms with Crippen LogP contribution in [0.25, 0.3) is 10.9 Å². The number of benzene rings is 2. The summed E-state index contributed by atoms with van der Waals surface area (Å²) in [4.78, 5) is 2.24. The SMILES string of the molecule is C=C=CCN(C)Cc1cc2cc(OCc3ccccc3)ccc2n1C. The van der Waals surface area contributed by atoms with E-state index in [0.29, 0.717) is 6.61 Å². The molecule has 0 atom stereocenters. The van der Waals surface area contributed by atoms with Gasteiger partial charge in [0.2, 0.25) is 0 Å². The van der Waals surface area contributed by atoms with Gasteiger partial charge < -0.3 is 9.30 Å². The Bertz CT molecular complexity index is 889. The Kier molecular flexibility index (Phi) is 5.39. The molecule has 1 heterocycles. The van der Waals surface area contributed by atoms with Gasteiger partial charge in [-0.05, 0) is 43.0 Å². The third kappa shape index (κ3) is 4.21. The molecule has 1 aromatic heterocycles. The highest BCUT2D eigenvalue weighted by Gasteiger charge is 2.09. The second kappa shape index (κ2) is 7.89. The molecule has 0 saturated heterocycles. The fourth-order valence-corrected chi connectivity index (χ4v) is 2.93. The molecule has 0 saturated carbocycles. The van der Waals surface area contributed by atoms with Gasteiger partial charge in [-0.1, -0.05) is 36.9 Å². The van der Waals surface area contributed by atoms with Crippen LogP contribution in [0.2, 0.25) is 0 Å². The van der Waals surface area contributed by atoms with Crippen LogP contribution in [0.5, 0.6) is 5.75 Å². The van der Waals surface area contributed by atoms with Gasteiger partial charge in [0, 0.05) is 36.7 Å². The molecule has 0 aliphatic rings. The molecule has 3 nitrogen and oxygen atoms in total. The van der Waals surface area contributed by atoms with Crippen LogP contribution in [0.15, 0.2) is 73.0 Å². The van der Waals surface area contributed by atoms with E-state index in [-0.39, 0.29) is 0 Å². The van der Waals surface area contributed by atoms with Gasteiger partial charge in [0.05, 0.1) is 0 Å². The molecule has 25 heavy (non-hydrogen) atoms. The monoisotopic (exact) mass is 332 g/mol. The van der Waals surface area contributed by atoms with Crippen molar-refractivity contribution in [1.82, 2.24) is 9.47 Å². The molecule has 0 unspecified atom stereocenters. The molecule has 0 N–H and O–H groups in total. The molecule has 3 rings (SSSR count). The summed E-state index contributed by atoms with van der Waals surface area (Å²) in [6.45, 7) is 5.92. The Balaban J connectivity index is 1.75. The van der Waals surface area contributed by atoms with Gasteiger partial charge in [-0.25, -0.2) is 0 Å². The van der Waals surface area contributed by atoms with Crippen LogP contribution in [-0.4, -0.2) is 23.1 Å². The summed E-state index contributed by atoms with van der Waals surface area (Å²) in [5.74, 6) is 0.899. The first-order valence-electron chi connectivity index (χ1n) is 8.45. The van der Waals surface area contributed by atoms with Crippen molar-refractivity contribution in [3.05, 3.63) is 84.2 Å². The van der Waals surface area contributed by atoms with Crippen LogP contribution in [0.3, 0.4) is 0 Å². The van der Waals surface area contributed by atoms with E-state index in [1.165, 1.54) is 22.2 Å². The van der Waals surface area contributed by atoms with Crippen molar-refractivity contribution in [2.24, 2.45) is 7.05 Å². The first-order valence-corrected chi connectivity index (χ1v) is 8.45. The summed E-state index contributed by atoms with van der Waals surface area (Å²) >= 11 is 0. The van der Waals surface area contributed by atoms with Crippen molar-refractivity contribution < 1.29 is 4.74 Å². The molecule has 0 amide bonds. The van der Waals surface area contributed by atoms with Crippen molar-refractivity contribution in [3.63, 3.8) is 0 Å². The van der Waals surface area contributed by atoms with Gasteiger partial charge in [0.1, 0.15) is 12.4 Å². The maximum atomic E-state index is 5.94. The third-order valence-corrected chi connectivity index (χ3v) is 4.34. The molecule has 0 radical (unpaired) electrons. The lowest BCUT2D eigenvalue weighted by Crippen LogP contribution is -2.19. The maximum Gasteiger partial charge on any atom is 0.120 e. The van der Waals surface area contributed by atoms with E-state index < -0.39 is 0 Å². The second-order valence-electron chi connectivity index (χ2n) is 6.29.